The lowest BCUT2D eigenvalue weighted by Crippen LogP contribution is -2.41. The van der Waals surface area contributed by atoms with Crippen molar-refractivity contribution in [3.05, 3.63) is 90.8 Å². The number of rotatable bonds is 8. The lowest BCUT2D eigenvalue weighted by molar-refractivity contribution is 0.0735. The summed E-state index contributed by atoms with van der Waals surface area (Å²) in [6.07, 6.45) is 5.61. The van der Waals surface area contributed by atoms with Gasteiger partial charge in [0.1, 0.15) is 17.1 Å². The van der Waals surface area contributed by atoms with E-state index in [0.717, 1.165) is 53.8 Å². The van der Waals surface area contributed by atoms with E-state index in [2.05, 4.69) is 45.2 Å². The number of nitrogens with zero attached hydrogens (tertiary/aromatic N) is 4. The Balaban J connectivity index is 1.31. The Kier molecular flexibility index (Phi) is 7.74. The van der Waals surface area contributed by atoms with Crippen molar-refractivity contribution in [1.29, 1.82) is 0 Å². The Morgan fingerprint density at radius 2 is 1.79 bits per heavy atom. The molecule has 1 aliphatic heterocycles. The molecule has 0 unspecified atom stereocenters. The normalized spacial score (nSPS) is 13.9. The summed E-state index contributed by atoms with van der Waals surface area (Å²) in [6.45, 7) is 1.99. The van der Waals surface area contributed by atoms with Gasteiger partial charge in [-0.1, -0.05) is 36.4 Å². The van der Waals surface area contributed by atoms with E-state index in [9.17, 15) is 4.79 Å². The van der Waals surface area contributed by atoms with Gasteiger partial charge < -0.3 is 29.6 Å². The molecule has 0 amide bonds. The van der Waals surface area contributed by atoms with E-state index in [0.29, 0.717) is 29.2 Å². The lowest BCUT2D eigenvalue weighted by atomic mass is 10.0. The number of nitrogens with one attached hydrogen (secondary N) is 2. The molecule has 0 bridgehead atoms. The van der Waals surface area contributed by atoms with E-state index in [1.807, 2.05) is 60.8 Å². The molecule has 3 heterocycles. The summed E-state index contributed by atoms with van der Waals surface area (Å²) < 4.78 is 11.4. The van der Waals surface area contributed by atoms with Gasteiger partial charge in [-0.05, 0) is 57.3 Å². The van der Waals surface area contributed by atoms with Gasteiger partial charge in [0.25, 0.3) is 0 Å². The number of aromatic amines is 1. The first-order valence-electron chi connectivity index (χ1n) is 14.1. The number of hydrogen-bond donors (Lipinski definition) is 2. The number of anilines is 3. The van der Waals surface area contributed by atoms with Crippen molar-refractivity contribution in [2.75, 3.05) is 44.5 Å². The summed E-state index contributed by atoms with van der Waals surface area (Å²) in [5, 5.41) is 4.25. The van der Waals surface area contributed by atoms with Crippen LogP contribution < -0.4 is 19.7 Å². The molecule has 2 aromatic heterocycles. The highest BCUT2D eigenvalue weighted by Gasteiger charge is 2.23. The third kappa shape index (κ3) is 5.64. The SMILES string of the molecule is COc1cc(N2CCC(N(C)C)CC2)ccc1Nc1ncc(C(=O)Oc2ccccc2)c(-c2c[nH]c3ccccc23)n1. The molecule has 0 saturated carbocycles. The molecule has 42 heavy (non-hydrogen) atoms. The topological polar surface area (TPSA) is 95.6 Å². The number of carbonyl (C=O) groups is 1. The number of carbonyl (C=O) groups excluding carboxylic acids is 1. The minimum Gasteiger partial charge on any atom is -0.494 e. The predicted molar refractivity (Wildman–Crippen MR) is 166 cm³/mol. The fourth-order valence-electron chi connectivity index (χ4n) is 5.46. The van der Waals surface area contributed by atoms with E-state index >= 15 is 0 Å². The molecule has 1 fully saturated rings. The maximum atomic E-state index is 13.3. The number of para-hydroxylation sites is 2. The quantitative estimate of drug-likeness (QED) is 0.172. The molecule has 2 N–H and O–H groups in total. The van der Waals surface area contributed by atoms with Crippen LogP contribution in [0.5, 0.6) is 11.5 Å². The van der Waals surface area contributed by atoms with E-state index in [1.165, 1.54) is 6.20 Å². The summed E-state index contributed by atoms with van der Waals surface area (Å²) in [5.41, 5.74) is 4.29. The molecular weight excluding hydrogens is 528 g/mol. The largest absolute Gasteiger partial charge is 0.494 e. The van der Waals surface area contributed by atoms with Crippen molar-refractivity contribution in [2.24, 2.45) is 0 Å². The number of aromatic nitrogens is 3. The molecule has 6 rings (SSSR count). The Labute approximate surface area is 245 Å². The fraction of sp³-hybridized carbons (Fsp3) is 0.242. The van der Waals surface area contributed by atoms with E-state index < -0.39 is 5.97 Å². The van der Waals surface area contributed by atoms with E-state index in [4.69, 9.17) is 14.5 Å². The number of piperidine rings is 1. The number of hydrogen-bond acceptors (Lipinski definition) is 8. The minimum absolute atomic E-state index is 0.262. The van der Waals surface area contributed by atoms with Gasteiger partial charge in [0.2, 0.25) is 5.95 Å². The standard InChI is InChI=1S/C33H34N6O3/c1-38(2)22-15-17-39(18-16-22)23-13-14-29(30(19-23)41-3)36-33-35-21-27(32(40)42-24-9-5-4-6-10-24)31(37-33)26-20-34-28-12-8-7-11-25(26)28/h4-14,19-22,34H,15-18H2,1-3H3,(H,35,36,37). The number of esters is 1. The third-order valence-corrected chi connectivity index (χ3v) is 7.80. The molecule has 214 valence electrons. The number of H-pyrrole nitrogens is 1. The molecule has 0 radical (unpaired) electrons. The molecule has 1 aliphatic rings. The van der Waals surface area contributed by atoms with Crippen LogP contribution in [0.15, 0.2) is 85.2 Å². The highest BCUT2D eigenvalue weighted by Crippen LogP contribution is 2.35. The van der Waals surface area contributed by atoms with Gasteiger partial charge >= 0.3 is 5.97 Å². The fourth-order valence-corrected chi connectivity index (χ4v) is 5.46. The van der Waals surface area contributed by atoms with E-state index in [1.54, 1.807) is 19.2 Å². The Morgan fingerprint density at radius 3 is 2.55 bits per heavy atom. The van der Waals surface area contributed by atoms with E-state index in [-0.39, 0.29) is 5.56 Å². The van der Waals surface area contributed by atoms with Gasteiger partial charge in [-0.25, -0.2) is 14.8 Å². The van der Waals surface area contributed by atoms with Crippen molar-refractivity contribution >= 4 is 34.2 Å². The van der Waals surface area contributed by atoms with Crippen LogP contribution in [0.2, 0.25) is 0 Å². The molecule has 5 aromatic rings. The molecule has 9 heteroatoms. The number of methoxy groups -OCH3 is 1. The van der Waals surface area contributed by atoms with Crippen LogP contribution in [-0.2, 0) is 0 Å². The zero-order valence-electron chi connectivity index (χ0n) is 24.0. The third-order valence-electron chi connectivity index (χ3n) is 7.80. The lowest BCUT2D eigenvalue weighted by Gasteiger charge is -2.36. The molecular formula is C33H34N6O3. The van der Waals surface area contributed by atoms with Crippen LogP contribution in [0.1, 0.15) is 23.2 Å². The van der Waals surface area contributed by atoms with Gasteiger partial charge in [0.15, 0.2) is 0 Å². The first kappa shape index (κ1) is 27.3. The van der Waals surface area contributed by atoms with Crippen molar-refractivity contribution < 1.29 is 14.3 Å². The maximum absolute atomic E-state index is 13.3. The summed E-state index contributed by atoms with van der Waals surface area (Å²) in [6, 6.07) is 23.6. The average Bonchev–Trinajstić information content (AvgIpc) is 3.46. The number of ether oxygens (including phenoxy) is 2. The van der Waals surface area contributed by atoms with Crippen LogP contribution >= 0.6 is 0 Å². The van der Waals surface area contributed by atoms with Crippen LogP contribution in [0.4, 0.5) is 17.3 Å². The van der Waals surface area contributed by atoms with Gasteiger partial charge in [0.05, 0.1) is 18.5 Å². The number of benzene rings is 3. The highest BCUT2D eigenvalue weighted by molar-refractivity contribution is 6.03. The summed E-state index contributed by atoms with van der Waals surface area (Å²) in [7, 11) is 5.95. The Bertz CT molecular complexity index is 1690. The minimum atomic E-state index is -0.534. The zero-order valence-corrected chi connectivity index (χ0v) is 24.0. The maximum Gasteiger partial charge on any atom is 0.347 e. The molecule has 1 saturated heterocycles. The summed E-state index contributed by atoms with van der Waals surface area (Å²) in [4.78, 5) is 30.6. The highest BCUT2D eigenvalue weighted by atomic mass is 16.5. The van der Waals surface area contributed by atoms with Crippen molar-refractivity contribution in [2.45, 2.75) is 18.9 Å². The van der Waals surface area contributed by atoms with Crippen molar-refractivity contribution in [1.82, 2.24) is 19.9 Å². The second-order valence-electron chi connectivity index (χ2n) is 10.6. The van der Waals surface area contributed by atoms with Gasteiger partial charge in [-0.3, -0.25) is 0 Å². The first-order valence-corrected chi connectivity index (χ1v) is 14.1. The average molecular weight is 563 g/mol. The second kappa shape index (κ2) is 11.9. The van der Waals surface area contributed by atoms with Crippen LogP contribution in [-0.4, -0.2) is 66.2 Å². The summed E-state index contributed by atoms with van der Waals surface area (Å²) in [5.74, 6) is 0.940. The molecule has 0 aliphatic carbocycles. The molecule has 3 aromatic carbocycles. The van der Waals surface area contributed by atoms with Gasteiger partial charge in [0, 0.05) is 59.7 Å². The number of fused-ring (bicyclic) bond motifs is 1. The van der Waals surface area contributed by atoms with Gasteiger partial charge in [-0.2, -0.15) is 0 Å². The Hall–Kier alpha value is -4.89. The van der Waals surface area contributed by atoms with Gasteiger partial charge in [-0.15, -0.1) is 0 Å². The second-order valence-corrected chi connectivity index (χ2v) is 10.6. The van der Waals surface area contributed by atoms with Crippen LogP contribution in [0.3, 0.4) is 0 Å². The molecule has 9 nitrogen and oxygen atoms in total. The predicted octanol–water partition coefficient (Wildman–Crippen LogP) is 6.13. The smallest absolute Gasteiger partial charge is 0.347 e. The molecule has 0 atom stereocenters. The first-order chi connectivity index (χ1) is 20.5. The Morgan fingerprint density at radius 1 is 1.02 bits per heavy atom. The van der Waals surface area contributed by atoms with Crippen molar-refractivity contribution in [3.63, 3.8) is 0 Å². The summed E-state index contributed by atoms with van der Waals surface area (Å²) >= 11 is 0. The van der Waals surface area contributed by atoms with Crippen molar-refractivity contribution in [3.8, 4) is 22.8 Å². The zero-order chi connectivity index (χ0) is 29.1. The molecule has 0 spiro atoms. The monoisotopic (exact) mass is 562 g/mol. The van der Waals surface area contributed by atoms with Crippen LogP contribution in [0, 0.1) is 0 Å². The van der Waals surface area contributed by atoms with Crippen LogP contribution in [0.25, 0.3) is 22.2 Å².